The van der Waals surface area contributed by atoms with Gasteiger partial charge >= 0.3 is 0 Å². The third-order valence-electron chi connectivity index (χ3n) is 1.92. The zero-order chi connectivity index (χ0) is 10.3. The number of aromatic hydroxyl groups is 1. The summed E-state index contributed by atoms with van der Waals surface area (Å²) in [6.07, 6.45) is 0. The topological polar surface area (TPSA) is 50.4 Å². The maximum Gasteiger partial charge on any atom is 0.192 e. The Morgan fingerprint density at radius 2 is 2.07 bits per heavy atom. The van der Waals surface area contributed by atoms with Crippen LogP contribution in [0.2, 0.25) is 0 Å². The fraction of sp³-hybridized carbons (Fsp3) is 0.100. The number of halogens is 1. The Bertz CT molecular complexity index is 557. The zero-order valence-electron chi connectivity index (χ0n) is 7.37. The minimum absolute atomic E-state index is 0.0613. The van der Waals surface area contributed by atoms with Crippen LogP contribution in [-0.4, -0.2) is 5.11 Å². The van der Waals surface area contributed by atoms with Crippen LogP contribution in [0.4, 0.5) is 0 Å². The van der Waals surface area contributed by atoms with Crippen LogP contribution in [0.25, 0.3) is 11.0 Å². The van der Waals surface area contributed by atoms with Gasteiger partial charge in [0.1, 0.15) is 17.1 Å². The lowest BCUT2D eigenvalue weighted by Gasteiger charge is -2.01. The molecule has 1 aromatic carbocycles. The van der Waals surface area contributed by atoms with Gasteiger partial charge in [-0.25, -0.2) is 0 Å². The molecule has 4 heteroatoms. The van der Waals surface area contributed by atoms with E-state index in [-0.39, 0.29) is 11.2 Å². The van der Waals surface area contributed by atoms with Gasteiger partial charge in [0.15, 0.2) is 5.43 Å². The molecule has 0 spiro atoms. The van der Waals surface area contributed by atoms with Crippen LogP contribution < -0.4 is 5.43 Å². The maximum absolute atomic E-state index is 11.5. The molecule has 0 saturated heterocycles. The van der Waals surface area contributed by atoms with Crippen LogP contribution in [0.15, 0.2) is 31.9 Å². The molecule has 0 unspecified atom stereocenters. The molecule has 0 saturated carbocycles. The van der Waals surface area contributed by atoms with Gasteiger partial charge in [0.25, 0.3) is 0 Å². The van der Waals surface area contributed by atoms with E-state index in [0.717, 1.165) is 0 Å². The third kappa shape index (κ3) is 1.42. The van der Waals surface area contributed by atoms with Crippen molar-refractivity contribution in [1.82, 2.24) is 0 Å². The predicted molar refractivity (Wildman–Crippen MR) is 56.6 cm³/mol. The molecule has 2 aromatic rings. The van der Waals surface area contributed by atoms with Crippen molar-refractivity contribution in [3.63, 3.8) is 0 Å². The number of benzene rings is 1. The lowest BCUT2D eigenvalue weighted by molar-refractivity contribution is 0.470. The molecule has 0 aliphatic heterocycles. The van der Waals surface area contributed by atoms with E-state index < -0.39 is 0 Å². The fourth-order valence-electron chi connectivity index (χ4n) is 1.28. The second-order valence-electron chi connectivity index (χ2n) is 3.02. The molecule has 1 heterocycles. The van der Waals surface area contributed by atoms with Crippen molar-refractivity contribution in [2.24, 2.45) is 0 Å². The van der Waals surface area contributed by atoms with Crippen LogP contribution in [0.3, 0.4) is 0 Å². The van der Waals surface area contributed by atoms with Crippen molar-refractivity contribution >= 4 is 26.9 Å². The first-order chi connectivity index (χ1) is 6.58. The Morgan fingerprint density at radius 3 is 2.79 bits per heavy atom. The summed E-state index contributed by atoms with van der Waals surface area (Å²) in [5, 5.41) is 9.85. The van der Waals surface area contributed by atoms with Gasteiger partial charge in [-0.2, -0.15) is 0 Å². The summed E-state index contributed by atoms with van der Waals surface area (Å²) >= 11 is 3.14. The summed E-state index contributed by atoms with van der Waals surface area (Å²) in [7, 11) is 0. The minimum atomic E-state index is -0.107. The summed E-state index contributed by atoms with van der Waals surface area (Å²) < 4.78 is 5.78. The number of phenols is 1. The molecule has 14 heavy (non-hydrogen) atoms. The standard InChI is InChI=1S/C10H7BrO3/c1-5-2-8(12)6-3-7(11)9(13)4-10(6)14-5/h2-4,13H,1H3. The van der Waals surface area contributed by atoms with Crippen LogP contribution in [0, 0.1) is 6.92 Å². The zero-order valence-corrected chi connectivity index (χ0v) is 8.96. The van der Waals surface area contributed by atoms with Crippen molar-refractivity contribution in [3.8, 4) is 5.75 Å². The van der Waals surface area contributed by atoms with Gasteiger partial charge in [-0.05, 0) is 28.9 Å². The molecule has 1 aromatic heterocycles. The van der Waals surface area contributed by atoms with Crippen molar-refractivity contribution in [3.05, 3.63) is 38.7 Å². The van der Waals surface area contributed by atoms with E-state index in [2.05, 4.69) is 15.9 Å². The van der Waals surface area contributed by atoms with Gasteiger partial charge in [-0.1, -0.05) is 0 Å². The van der Waals surface area contributed by atoms with Gasteiger partial charge in [-0.3, -0.25) is 4.79 Å². The smallest absolute Gasteiger partial charge is 0.192 e. The van der Waals surface area contributed by atoms with Crippen LogP contribution in [0.5, 0.6) is 5.75 Å². The molecule has 0 aliphatic carbocycles. The van der Waals surface area contributed by atoms with Crippen molar-refractivity contribution < 1.29 is 9.52 Å². The number of aryl methyl sites for hydroxylation is 1. The van der Waals surface area contributed by atoms with E-state index in [9.17, 15) is 9.90 Å². The lowest BCUT2D eigenvalue weighted by atomic mass is 10.2. The van der Waals surface area contributed by atoms with Gasteiger partial charge in [0, 0.05) is 12.1 Å². The van der Waals surface area contributed by atoms with E-state index in [1.165, 1.54) is 12.1 Å². The molecule has 0 radical (unpaired) electrons. The highest BCUT2D eigenvalue weighted by Crippen LogP contribution is 2.27. The Labute approximate surface area is 88.1 Å². The van der Waals surface area contributed by atoms with Crippen LogP contribution >= 0.6 is 15.9 Å². The second kappa shape index (κ2) is 3.13. The second-order valence-corrected chi connectivity index (χ2v) is 3.88. The third-order valence-corrected chi connectivity index (χ3v) is 2.55. The highest BCUT2D eigenvalue weighted by molar-refractivity contribution is 9.10. The summed E-state index contributed by atoms with van der Waals surface area (Å²) in [5.41, 5.74) is 0.292. The SMILES string of the molecule is Cc1cc(=O)c2cc(Br)c(O)cc2o1. The van der Waals surface area contributed by atoms with Gasteiger partial charge < -0.3 is 9.52 Å². The average Bonchev–Trinajstić information content (AvgIpc) is 2.08. The van der Waals surface area contributed by atoms with Crippen LogP contribution in [0.1, 0.15) is 5.76 Å². The molecule has 1 N–H and O–H groups in total. The summed E-state index contributed by atoms with van der Waals surface area (Å²) in [6, 6.07) is 4.40. The summed E-state index contributed by atoms with van der Waals surface area (Å²) in [4.78, 5) is 11.5. The normalized spacial score (nSPS) is 10.7. The van der Waals surface area contributed by atoms with Crippen molar-refractivity contribution in [2.75, 3.05) is 0 Å². The summed E-state index contributed by atoms with van der Waals surface area (Å²) in [6.45, 7) is 1.69. The van der Waals surface area contributed by atoms with E-state index in [1.807, 2.05) is 0 Å². The number of rotatable bonds is 0. The van der Waals surface area contributed by atoms with Crippen molar-refractivity contribution in [1.29, 1.82) is 0 Å². The Balaban J connectivity index is 2.96. The number of hydrogen-bond donors (Lipinski definition) is 1. The molecule has 0 bridgehead atoms. The van der Waals surface area contributed by atoms with E-state index in [1.54, 1.807) is 13.0 Å². The summed E-state index contributed by atoms with van der Waals surface area (Å²) in [5.74, 6) is 0.593. The predicted octanol–water partition coefficient (Wildman–Crippen LogP) is 2.57. The molecule has 0 atom stereocenters. The Hall–Kier alpha value is -1.29. The fourth-order valence-corrected chi connectivity index (χ4v) is 1.63. The molecular formula is C10H7BrO3. The minimum Gasteiger partial charge on any atom is -0.507 e. The van der Waals surface area contributed by atoms with E-state index in [4.69, 9.17) is 4.42 Å². The lowest BCUT2D eigenvalue weighted by Crippen LogP contribution is -1.99. The van der Waals surface area contributed by atoms with E-state index in [0.29, 0.717) is 21.2 Å². The number of phenolic OH excluding ortho intramolecular Hbond substituents is 1. The quantitative estimate of drug-likeness (QED) is 0.787. The average molecular weight is 255 g/mol. The molecule has 72 valence electrons. The van der Waals surface area contributed by atoms with E-state index >= 15 is 0 Å². The molecule has 2 rings (SSSR count). The number of hydrogen-bond acceptors (Lipinski definition) is 3. The van der Waals surface area contributed by atoms with Crippen molar-refractivity contribution in [2.45, 2.75) is 6.92 Å². The van der Waals surface area contributed by atoms with Gasteiger partial charge in [-0.15, -0.1) is 0 Å². The first kappa shape index (κ1) is 9.27. The van der Waals surface area contributed by atoms with Gasteiger partial charge in [0.05, 0.1) is 9.86 Å². The number of fused-ring (bicyclic) bond motifs is 1. The molecule has 0 amide bonds. The molecule has 3 nitrogen and oxygen atoms in total. The monoisotopic (exact) mass is 254 g/mol. The van der Waals surface area contributed by atoms with Crippen LogP contribution in [-0.2, 0) is 0 Å². The Morgan fingerprint density at radius 1 is 1.36 bits per heavy atom. The molecule has 0 fully saturated rings. The first-order valence-electron chi connectivity index (χ1n) is 4.01. The first-order valence-corrected chi connectivity index (χ1v) is 4.80. The highest BCUT2D eigenvalue weighted by atomic mass is 79.9. The molecule has 0 aliphatic rings. The molecular weight excluding hydrogens is 248 g/mol. The largest absolute Gasteiger partial charge is 0.507 e. The maximum atomic E-state index is 11.5. The highest BCUT2D eigenvalue weighted by Gasteiger charge is 2.06. The Kier molecular flexibility index (Phi) is 2.07. The van der Waals surface area contributed by atoms with Gasteiger partial charge in [0.2, 0.25) is 0 Å².